The minimum absolute atomic E-state index is 0.0830. The van der Waals surface area contributed by atoms with Crippen LogP contribution in [0.1, 0.15) is 24.4 Å². The van der Waals surface area contributed by atoms with Crippen molar-refractivity contribution < 1.29 is 5.11 Å². The molecule has 1 heterocycles. The summed E-state index contributed by atoms with van der Waals surface area (Å²) in [5.74, 6) is 0. The Balaban J connectivity index is 2.32. The van der Waals surface area contributed by atoms with Crippen molar-refractivity contribution in [2.75, 3.05) is 6.61 Å². The summed E-state index contributed by atoms with van der Waals surface area (Å²) in [7, 11) is 0. The lowest BCUT2D eigenvalue weighted by atomic mass is 10.0. The van der Waals surface area contributed by atoms with Gasteiger partial charge in [-0.3, -0.25) is 4.90 Å². The van der Waals surface area contributed by atoms with Crippen LogP contribution in [0, 0.1) is 22.7 Å². The molecule has 0 radical (unpaired) electrons. The third kappa shape index (κ3) is 2.22. The lowest BCUT2D eigenvalue weighted by Gasteiger charge is -2.31. The van der Waals surface area contributed by atoms with Gasteiger partial charge in [-0.2, -0.15) is 10.5 Å². The van der Waals surface area contributed by atoms with Crippen LogP contribution in [0.3, 0.4) is 0 Å². The number of nitriles is 2. The summed E-state index contributed by atoms with van der Waals surface area (Å²) in [5, 5.41) is 27.9. The molecule has 0 bridgehead atoms. The van der Waals surface area contributed by atoms with Gasteiger partial charge in [-0.15, -0.1) is 0 Å². The van der Waals surface area contributed by atoms with Crippen LogP contribution in [0.2, 0.25) is 0 Å². The van der Waals surface area contributed by atoms with Crippen molar-refractivity contribution in [3.8, 4) is 12.1 Å². The summed E-state index contributed by atoms with van der Waals surface area (Å²) < 4.78 is 0. The third-order valence-corrected chi connectivity index (χ3v) is 3.45. The van der Waals surface area contributed by atoms with E-state index in [4.69, 9.17) is 10.5 Å². The quantitative estimate of drug-likeness (QED) is 0.872. The second-order valence-corrected chi connectivity index (χ2v) is 4.42. The largest absolute Gasteiger partial charge is 0.394 e. The number of nitrogens with zero attached hydrogens (tertiary/aromatic N) is 3. The maximum absolute atomic E-state index is 9.61. The predicted molar refractivity (Wildman–Crippen MR) is 66.1 cm³/mol. The average molecular weight is 241 g/mol. The number of aliphatic hydroxyl groups is 1. The molecule has 1 aromatic rings. The molecule has 1 N–H and O–H groups in total. The highest BCUT2D eigenvalue weighted by atomic mass is 16.3. The first kappa shape index (κ1) is 12.6. The van der Waals surface area contributed by atoms with Crippen molar-refractivity contribution in [2.24, 2.45) is 0 Å². The zero-order valence-electron chi connectivity index (χ0n) is 10.0. The van der Waals surface area contributed by atoms with Gasteiger partial charge in [-0.05, 0) is 18.4 Å². The Morgan fingerprint density at radius 3 is 2.17 bits per heavy atom. The van der Waals surface area contributed by atoms with Gasteiger partial charge in [0, 0.05) is 0 Å². The van der Waals surface area contributed by atoms with Crippen molar-refractivity contribution in [3.63, 3.8) is 0 Å². The third-order valence-electron chi connectivity index (χ3n) is 3.45. The molecule has 1 fully saturated rings. The molecule has 1 aliphatic heterocycles. The summed E-state index contributed by atoms with van der Waals surface area (Å²) in [4.78, 5) is 1.84. The Morgan fingerprint density at radius 1 is 1.17 bits per heavy atom. The highest BCUT2D eigenvalue weighted by Gasteiger charge is 2.38. The molecule has 92 valence electrons. The zero-order valence-corrected chi connectivity index (χ0v) is 10.0. The molecule has 0 aliphatic carbocycles. The van der Waals surface area contributed by atoms with Crippen LogP contribution in [0.4, 0.5) is 0 Å². The van der Waals surface area contributed by atoms with Crippen LogP contribution in [0.15, 0.2) is 30.3 Å². The van der Waals surface area contributed by atoms with Gasteiger partial charge in [-0.25, -0.2) is 0 Å². The van der Waals surface area contributed by atoms with Crippen LogP contribution in [-0.4, -0.2) is 28.7 Å². The molecule has 0 aromatic heterocycles. The van der Waals surface area contributed by atoms with Crippen molar-refractivity contribution in [2.45, 2.75) is 31.0 Å². The van der Waals surface area contributed by atoms with Gasteiger partial charge < -0.3 is 5.11 Å². The smallest absolute Gasteiger partial charge is 0.0995 e. The average Bonchev–Trinajstić information content (AvgIpc) is 2.84. The van der Waals surface area contributed by atoms with E-state index < -0.39 is 0 Å². The van der Waals surface area contributed by atoms with Crippen LogP contribution in [-0.2, 0) is 0 Å². The lowest BCUT2D eigenvalue weighted by molar-refractivity contribution is 0.111. The van der Waals surface area contributed by atoms with E-state index in [1.807, 2.05) is 35.2 Å². The van der Waals surface area contributed by atoms with E-state index in [0.29, 0.717) is 12.8 Å². The van der Waals surface area contributed by atoms with Crippen LogP contribution < -0.4 is 0 Å². The fraction of sp³-hybridized carbons (Fsp3) is 0.429. The lowest BCUT2D eigenvalue weighted by Crippen LogP contribution is -2.39. The Bertz CT molecular complexity index is 452. The Kier molecular flexibility index (Phi) is 3.94. The van der Waals surface area contributed by atoms with E-state index >= 15 is 0 Å². The molecule has 18 heavy (non-hydrogen) atoms. The fourth-order valence-electron chi connectivity index (χ4n) is 2.57. The normalized spacial score (nSPS) is 25.3. The van der Waals surface area contributed by atoms with E-state index in [1.165, 1.54) is 0 Å². The van der Waals surface area contributed by atoms with Gasteiger partial charge in [-0.1, -0.05) is 30.3 Å². The van der Waals surface area contributed by atoms with Gasteiger partial charge >= 0.3 is 0 Å². The summed E-state index contributed by atoms with van der Waals surface area (Å²) in [6.45, 7) is -0.0830. The predicted octanol–water partition coefficient (Wildman–Crippen LogP) is 1.60. The summed E-state index contributed by atoms with van der Waals surface area (Å²) in [6.07, 6.45) is 1.39. The standard InChI is InChI=1S/C14H15N3O/c15-8-12-6-7-13(9-16)17(12)14(10-18)11-4-2-1-3-5-11/h1-5,12-14,18H,6-7,10H2. The van der Waals surface area contributed by atoms with Crippen molar-refractivity contribution in [1.82, 2.24) is 4.90 Å². The number of hydrogen-bond acceptors (Lipinski definition) is 4. The molecule has 0 saturated carbocycles. The summed E-state index contributed by atoms with van der Waals surface area (Å²) in [6, 6.07) is 13.2. The van der Waals surface area contributed by atoms with Crippen LogP contribution in [0.5, 0.6) is 0 Å². The van der Waals surface area contributed by atoms with Crippen LogP contribution in [0.25, 0.3) is 0 Å². The molecule has 1 aliphatic rings. The van der Waals surface area contributed by atoms with Gasteiger partial charge in [0.1, 0.15) is 0 Å². The zero-order chi connectivity index (χ0) is 13.0. The minimum Gasteiger partial charge on any atom is -0.394 e. The number of hydrogen-bond donors (Lipinski definition) is 1. The molecule has 0 spiro atoms. The topological polar surface area (TPSA) is 71.0 Å². The number of likely N-dealkylation sites (tertiary alicyclic amines) is 1. The second kappa shape index (κ2) is 5.64. The Morgan fingerprint density at radius 2 is 1.72 bits per heavy atom. The molecule has 1 saturated heterocycles. The maximum Gasteiger partial charge on any atom is 0.0995 e. The monoisotopic (exact) mass is 241 g/mol. The highest BCUT2D eigenvalue weighted by Crippen LogP contribution is 2.33. The Hall–Kier alpha value is -1.88. The molecular weight excluding hydrogens is 226 g/mol. The fourth-order valence-corrected chi connectivity index (χ4v) is 2.57. The van der Waals surface area contributed by atoms with Crippen LogP contribution >= 0.6 is 0 Å². The Labute approximate surface area is 107 Å². The number of aliphatic hydroxyl groups excluding tert-OH is 1. The van der Waals surface area contributed by atoms with E-state index in [-0.39, 0.29) is 24.7 Å². The first-order valence-corrected chi connectivity index (χ1v) is 6.04. The van der Waals surface area contributed by atoms with E-state index in [9.17, 15) is 5.11 Å². The molecule has 3 unspecified atom stereocenters. The molecule has 2 rings (SSSR count). The molecule has 4 nitrogen and oxygen atoms in total. The van der Waals surface area contributed by atoms with Gasteiger partial charge in [0.25, 0.3) is 0 Å². The molecular formula is C14H15N3O. The first-order chi connectivity index (χ1) is 8.81. The molecule has 3 atom stereocenters. The van der Waals surface area contributed by atoms with E-state index in [1.54, 1.807) is 0 Å². The second-order valence-electron chi connectivity index (χ2n) is 4.42. The van der Waals surface area contributed by atoms with E-state index in [0.717, 1.165) is 5.56 Å². The number of benzene rings is 1. The molecule has 0 amide bonds. The van der Waals surface area contributed by atoms with Crippen molar-refractivity contribution in [1.29, 1.82) is 10.5 Å². The maximum atomic E-state index is 9.61. The van der Waals surface area contributed by atoms with E-state index in [2.05, 4.69) is 12.1 Å². The van der Waals surface area contributed by atoms with Gasteiger partial charge in [0.2, 0.25) is 0 Å². The van der Waals surface area contributed by atoms with Gasteiger partial charge in [0.15, 0.2) is 0 Å². The minimum atomic E-state index is -0.285. The van der Waals surface area contributed by atoms with Crippen molar-refractivity contribution >= 4 is 0 Å². The highest BCUT2D eigenvalue weighted by molar-refractivity contribution is 5.22. The number of rotatable bonds is 3. The SMILES string of the molecule is N#CC1CCC(C#N)N1C(CO)c1ccccc1. The first-order valence-electron chi connectivity index (χ1n) is 6.04. The molecule has 1 aromatic carbocycles. The summed E-state index contributed by atoms with van der Waals surface area (Å²) >= 11 is 0. The van der Waals surface area contributed by atoms with Crippen molar-refractivity contribution in [3.05, 3.63) is 35.9 Å². The molecule has 4 heteroatoms. The van der Waals surface area contributed by atoms with Gasteiger partial charge in [0.05, 0.1) is 36.9 Å². The summed E-state index contributed by atoms with van der Waals surface area (Å²) in [5.41, 5.74) is 0.947.